The summed E-state index contributed by atoms with van der Waals surface area (Å²) in [5.74, 6) is 0.129. The van der Waals surface area contributed by atoms with Crippen molar-refractivity contribution in [2.24, 2.45) is 5.92 Å². The summed E-state index contributed by atoms with van der Waals surface area (Å²) < 4.78 is 34.4. The van der Waals surface area contributed by atoms with Crippen LogP contribution in [-0.4, -0.2) is 40.3 Å². The number of hydrogen-bond acceptors (Lipinski definition) is 4. The van der Waals surface area contributed by atoms with Crippen LogP contribution in [0.4, 0.5) is 0 Å². The second kappa shape index (κ2) is 14.4. The zero-order valence-electron chi connectivity index (χ0n) is 25.4. The summed E-state index contributed by atoms with van der Waals surface area (Å²) in [4.78, 5) is 0.313. The monoisotopic (exact) mass is 590 g/mol. The van der Waals surface area contributed by atoms with Gasteiger partial charge in [-0.2, -0.15) is 0 Å². The fourth-order valence-electron chi connectivity index (χ4n) is 5.44. The molecule has 0 fully saturated rings. The molecule has 1 N–H and O–H groups in total. The first-order valence-electron chi connectivity index (χ1n) is 14.4. The van der Waals surface area contributed by atoms with Crippen molar-refractivity contribution in [1.29, 1.82) is 0 Å². The fourth-order valence-corrected chi connectivity index (χ4v) is 11.8. The lowest BCUT2D eigenvalue weighted by atomic mass is 9.97. The summed E-state index contributed by atoms with van der Waals surface area (Å²) >= 11 is 0. The Hall–Kier alpha value is -2.77. The van der Waals surface area contributed by atoms with Gasteiger partial charge in [0.05, 0.1) is 16.8 Å². The normalized spacial score (nSPS) is 15.0. The van der Waals surface area contributed by atoms with Gasteiger partial charge in [0.1, 0.15) is 0 Å². The van der Waals surface area contributed by atoms with Gasteiger partial charge in [0.2, 0.25) is 0 Å². The predicted octanol–water partition coefficient (Wildman–Crippen LogP) is 6.71. The minimum Gasteiger partial charge on any atom is -0.407 e. The van der Waals surface area contributed by atoms with Gasteiger partial charge in [0, 0.05) is 6.61 Å². The van der Waals surface area contributed by atoms with Gasteiger partial charge in [-0.25, -0.2) is 8.42 Å². The Morgan fingerprint density at radius 1 is 0.878 bits per heavy atom. The van der Waals surface area contributed by atoms with E-state index >= 15 is 0 Å². The Morgan fingerprint density at radius 2 is 1.37 bits per heavy atom. The van der Waals surface area contributed by atoms with E-state index < -0.39 is 23.4 Å². The van der Waals surface area contributed by atoms with Gasteiger partial charge in [0.15, 0.2) is 9.84 Å². The molecule has 0 spiro atoms. The average Bonchev–Trinajstić information content (AvgIpc) is 2.95. The Kier molecular flexibility index (Phi) is 11.5. The Labute approximate surface area is 248 Å². The van der Waals surface area contributed by atoms with Crippen molar-refractivity contribution < 1.29 is 18.0 Å². The maximum absolute atomic E-state index is 13.6. The SMILES string of the molecule is C/C(=C\CO)CC(/C=C(\C)[C@H](C)CCO[Si](c1ccccc1)(c1ccccc1)C(C)(C)C)S(=O)(=O)c1ccccc1. The van der Waals surface area contributed by atoms with Gasteiger partial charge in [-0.1, -0.05) is 130 Å². The van der Waals surface area contributed by atoms with Crippen molar-refractivity contribution >= 4 is 28.5 Å². The zero-order valence-corrected chi connectivity index (χ0v) is 27.2. The van der Waals surface area contributed by atoms with E-state index in [9.17, 15) is 13.5 Å². The minimum absolute atomic E-state index is 0.102. The lowest BCUT2D eigenvalue weighted by Gasteiger charge is -2.43. The number of rotatable bonds is 13. The highest BCUT2D eigenvalue weighted by Gasteiger charge is 2.50. The summed E-state index contributed by atoms with van der Waals surface area (Å²) in [6.45, 7) is 13.3. The number of aliphatic hydroxyl groups is 1. The van der Waals surface area contributed by atoms with E-state index in [1.54, 1.807) is 30.3 Å². The average molecular weight is 591 g/mol. The highest BCUT2D eigenvalue weighted by atomic mass is 32.2. The third kappa shape index (κ3) is 7.95. The standard InChI is InChI=1S/C35H46O4SSi/c1-28(22-24-36)26-32(40(37,38)31-16-10-7-11-17-31)27-30(3)29(2)23-25-39-41(35(4,5)6,33-18-12-8-13-19-33)34-20-14-9-15-21-34/h7-22,27,29,32,36H,23-26H2,1-6H3/b28-22+,30-27+/t29-,32?/m1/s1. The van der Waals surface area contributed by atoms with Gasteiger partial charge in [-0.15, -0.1) is 0 Å². The molecule has 2 atom stereocenters. The lowest BCUT2D eigenvalue weighted by Crippen LogP contribution is -2.66. The predicted molar refractivity (Wildman–Crippen MR) is 174 cm³/mol. The molecule has 0 bridgehead atoms. The molecule has 220 valence electrons. The molecule has 4 nitrogen and oxygen atoms in total. The molecule has 6 heteroatoms. The Bertz CT molecular complexity index is 1350. The Balaban J connectivity index is 1.89. The van der Waals surface area contributed by atoms with Gasteiger partial charge in [-0.05, 0) is 60.2 Å². The van der Waals surface area contributed by atoms with E-state index in [1.807, 2.05) is 38.1 Å². The van der Waals surface area contributed by atoms with E-state index in [1.165, 1.54) is 10.4 Å². The van der Waals surface area contributed by atoms with E-state index in [0.717, 1.165) is 17.6 Å². The highest BCUT2D eigenvalue weighted by molar-refractivity contribution is 7.92. The van der Waals surface area contributed by atoms with E-state index in [-0.39, 0.29) is 17.6 Å². The minimum atomic E-state index is -3.60. The summed E-state index contributed by atoms with van der Waals surface area (Å²) in [5.41, 5.74) is 1.88. The van der Waals surface area contributed by atoms with Crippen LogP contribution in [0.3, 0.4) is 0 Å². The molecule has 3 aromatic rings. The van der Waals surface area contributed by atoms with E-state index in [2.05, 4.69) is 76.2 Å². The third-order valence-electron chi connectivity index (χ3n) is 7.95. The van der Waals surface area contributed by atoms with Crippen molar-refractivity contribution in [1.82, 2.24) is 0 Å². The number of hydrogen-bond donors (Lipinski definition) is 1. The van der Waals surface area contributed by atoms with Crippen LogP contribution in [0, 0.1) is 5.92 Å². The largest absolute Gasteiger partial charge is 0.407 e. The molecule has 0 heterocycles. The van der Waals surface area contributed by atoms with Crippen LogP contribution in [0.2, 0.25) is 5.04 Å². The van der Waals surface area contributed by atoms with Crippen LogP contribution in [0.25, 0.3) is 0 Å². The van der Waals surface area contributed by atoms with Crippen molar-refractivity contribution in [3.63, 3.8) is 0 Å². The second-order valence-electron chi connectivity index (χ2n) is 11.9. The summed E-state index contributed by atoms with van der Waals surface area (Å²) in [7, 11) is -6.24. The molecule has 3 rings (SSSR count). The third-order valence-corrected chi connectivity index (χ3v) is 15.0. The molecule has 0 aliphatic carbocycles. The summed E-state index contributed by atoms with van der Waals surface area (Å²) in [5, 5.41) is 11.1. The molecular weight excluding hydrogens is 545 g/mol. The van der Waals surface area contributed by atoms with Gasteiger partial charge in [-0.3, -0.25) is 0 Å². The molecule has 0 saturated heterocycles. The maximum Gasteiger partial charge on any atom is 0.261 e. The number of allylic oxidation sites excluding steroid dienone is 2. The molecule has 3 aromatic carbocycles. The lowest BCUT2D eigenvalue weighted by molar-refractivity contribution is 0.276. The van der Waals surface area contributed by atoms with Crippen LogP contribution < -0.4 is 10.4 Å². The topological polar surface area (TPSA) is 63.6 Å². The highest BCUT2D eigenvalue weighted by Crippen LogP contribution is 2.37. The summed E-state index contributed by atoms with van der Waals surface area (Å²) in [6.07, 6.45) is 4.69. The van der Waals surface area contributed by atoms with E-state index in [0.29, 0.717) is 17.9 Å². The molecular formula is C35H46O4SSi. The van der Waals surface area contributed by atoms with Crippen LogP contribution >= 0.6 is 0 Å². The quantitative estimate of drug-likeness (QED) is 0.178. The smallest absolute Gasteiger partial charge is 0.261 e. The number of sulfone groups is 1. The van der Waals surface area contributed by atoms with Crippen LogP contribution in [0.15, 0.2) is 119 Å². The Morgan fingerprint density at radius 3 is 1.83 bits per heavy atom. The molecule has 0 saturated carbocycles. The molecule has 0 radical (unpaired) electrons. The first kappa shape index (κ1) is 32.7. The molecule has 0 aromatic heterocycles. The van der Waals surface area contributed by atoms with Crippen LogP contribution in [0.1, 0.15) is 54.4 Å². The number of aliphatic hydroxyl groups excluding tert-OH is 1. The zero-order chi connectivity index (χ0) is 30.1. The molecule has 0 aliphatic heterocycles. The molecule has 41 heavy (non-hydrogen) atoms. The second-order valence-corrected chi connectivity index (χ2v) is 18.4. The van der Waals surface area contributed by atoms with Gasteiger partial charge >= 0.3 is 0 Å². The van der Waals surface area contributed by atoms with Crippen molar-refractivity contribution in [2.75, 3.05) is 13.2 Å². The summed E-state index contributed by atoms with van der Waals surface area (Å²) in [6, 6.07) is 29.8. The van der Waals surface area contributed by atoms with Gasteiger partial charge < -0.3 is 9.53 Å². The van der Waals surface area contributed by atoms with Crippen molar-refractivity contribution in [2.45, 2.75) is 69.6 Å². The first-order chi connectivity index (χ1) is 19.4. The first-order valence-corrected chi connectivity index (χ1v) is 17.9. The fraction of sp³-hybridized carbons (Fsp3) is 0.371. The maximum atomic E-state index is 13.6. The van der Waals surface area contributed by atoms with E-state index in [4.69, 9.17) is 4.43 Å². The van der Waals surface area contributed by atoms with Crippen LogP contribution in [0.5, 0.6) is 0 Å². The van der Waals surface area contributed by atoms with Crippen molar-refractivity contribution in [3.8, 4) is 0 Å². The molecule has 1 unspecified atom stereocenters. The molecule has 0 amide bonds. The van der Waals surface area contributed by atoms with Crippen LogP contribution in [-0.2, 0) is 14.3 Å². The number of benzene rings is 3. The molecule has 0 aliphatic rings. The van der Waals surface area contributed by atoms with Gasteiger partial charge in [0.25, 0.3) is 8.32 Å². The van der Waals surface area contributed by atoms with Crippen molar-refractivity contribution in [3.05, 3.63) is 114 Å².